The molecular weight excluding hydrogens is 1130 g/mol. The largest absolute Gasteiger partial charge is 0.394 e. The maximum Gasteiger partial charge on any atom is 0.220 e. The number of amides is 1. The van der Waals surface area contributed by atoms with E-state index in [-0.39, 0.29) is 18.9 Å². The first-order chi connectivity index (χ1) is 42.8. The molecule has 0 aromatic heterocycles. The van der Waals surface area contributed by atoms with Crippen LogP contribution in [0.1, 0.15) is 264 Å². The second-order valence-electron chi connectivity index (χ2n) is 25.3. The van der Waals surface area contributed by atoms with E-state index in [0.717, 1.165) is 51.4 Å². The second kappa shape index (κ2) is 51.4. The summed E-state index contributed by atoms with van der Waals surface area (Å²) in [5.41, 5.74) is 0. The van der Waals surface area contributed by atoms with E-state index in [4.69, 9.17) is 28.4 Å². The molecule has 1 amide bonds. The van der Waals surface area contributed by atoms with E-state index in [9.17, 15) is 61.0 Å². The summed E-state index contributed by atoms with van der Waals surface area (Å²) in [6.07, 6.45) is 32.6. The predicted octanol–water partition coefficient (Wildman–Crippen LogP) is 9.22. The Labute approximate surface area is 530 Å². The van der Waals surface area contributed by atoms with Gasteiger partial charge in [-0.05, 0) is 57.8 Å². The van der Waals surface area contributed by atoms with Crippen molar-refractivity contribution in [3.63, 3.8) is 0 Å². The zero-order valence-corrected chi connectivity index (χ0v) is 54.5. The number of allylic oxidation sites excluding steroid dienone is 5. The minimum absolute atomic E-state index is 0.234. The molecule has 0 aromatic carbocycles. The lowest BCUT2D eigenvalue weighted by atomic mass is 9.96. The number of rotatable bonds is 54. The molecule has 0 bridgehead atoms. The van der Waals surface area contributed by atoms with Gasteiger partial charge in [0.15, 0.2) is 18.9 Å². The molecule has 0 radical (unpaired) electrons. The third-order valence-electron chi connectivity index (χ3n) is 17.7. The number of carbonyl (C=O) groups is 1. The van der Waals surface area contributed by atoms with Crippen LogP contribution < -0.4 is 5.32 Å². The third kappa shape index (κ3) is 33.2. The Kier molecular flexibility index (Phi) is 46.9. The Bertz CT molecular complexity index is 1740. The molecule has 19 heteroatoms. The highest BCUT2D eigenvalue weighted by molar-refractivity contribution is 5.76. The third-order valence-corrected chi connectivity index (χ3v) is 17.7. The SMILES string of the molecule is CCCCCCCC/C=C\CCCCCCCCCCCC(=O)NC(COC1OC(CO)C(OC2OC(CO)C(OC3OC(CO)C(O)C(O)C3O)C(O)C2O)C(O)C1O)C(O)/C=C/CC/C=C/CCCCCCCCCCCCCCCCCCCC. The van der Waals surface area contributed by atoms with Crippen LogP contribution in [0.15, 0.2) is 36.5 Å². The molecule has 3 rings (SSSR count). The summed E-state index contributed by atoms with van der Waals surface area (Å²) >= 11 is 0. The van der Waals surface area contributed by atoms with Crippen LogP contribution in [-0.2, 0) is 33.2 Å². The van der Waals surface area contributed by atoms with E-state index >= 15 is 0 Å². The van der Waals surface area contributed by atoms with E-state index in [2.05, 4.69) is 43.5 Å². The molecular formula is C69H127NO18. The van der Waals surface area contributed by atoms with Crippen molar-refractivity contribution < 1.29 is 89.4 Å². The molecule has 19 nitrogen and oxygen atoms in total. The lowest BCUT2D eigenvalue weighted by molar-refractivity contribution is -0.379. The van der Waals surface area contributed by atoms with Gasteiger partial charge in [-0.2, -0.15) is 0 Å². The quantitative estimate of drug-likeness (QED) is 0.0199. The van der Waals surface area contributed by atoms with Crippen molar-refractivity contribution in [2.45, 2.75) is 369 Å². The van der Waals surface area contributed by atoms with Crippen LogP contribution >= 0.6 is 0 Å². The highest BCUT2D eigenvalue weighted by Crippen LogP contribution is 2.33. The molecule has 0 aliphatic carbocycles. The Morgan fingerprint density at radius 1 is 0.398 bits per heavy atom. The molecule has 3 saturated heterocycles. The number of aliphatic hydroxyl groups is 11. The lowest BCUT2D eigenvalue weighted by Crippen LogP contribution is -2.66. The molecule has 12 N–H and O–H groups in total. The van der Waals surface area contributed by atoms with Gasteiger partial charge in [0.2, 0.25) is 5.91 Å². The van der Waals surface area contributed by atoms with E-state index in [0.29, 0.717) is 12.8 Å². The highest BCUT2D eigenvalue weighted by atomic mass is 16.8. The minimum Gasteiger partial charge on any atom is -0.394 e. The van der Waals surface area contributed by atoms with Gasteiger partial charge in [-0.1, -0.05) is 237 Å². The van der Waals surface area contributed by atoms with Gasteiger partial charge in [-0.25, -0.2) is 0 Å². The van der Waals surface area contributed by atoms with Gasteiger partial charge >= 0.3 is 0 Å². The summed E-state index contributed by atoms with van der Waals surface area (Å²) in [4.78, 5) is 13.4. The van der Waals surface area contributed by atoms with Crippen molar-refractivity contribution >= 4 is 5.91 Å². The Hall–Kier alpha value is -1.99. The summed E-state index contributed by atoms with van der Waals surface area (Å²) in [6, 6.07) is -0.991. The fourth-order valence-corrected chi connectivity index (χ4v) is 11.9. The van der Waals surface area contributed by atoms with Crippen LogP contribution in [0.3, 0.4) is 0 Å². The average molecular weight is 1260 g/mol. The number of hydrogen-bond acceptors (Lipinski definition) is 18. The van der Waals surface area contributed by atoms with Crippen molar-refractivity contribution in [1.29, 1.82) is 0 Å². The topological polar surface area (TPSA) is 307 Å². The Morgan fingerprint density at radius 3 is 1.14 bits per heavy atom. The van der Waals surface area contributed by atoms with Crippen molar-refractivity contribution in [2.75, 3.05) is 26.4 Å². The normalized spacial score (nSPS) is 28.6. The second-order valence-corrected chi connectivity index (χ2v) is 25.3. The van der Waals surface area contributed by atoms with Crippen LogP contribution in [0.5, 0.6) is 0 Å². The minimum atomic E-state index is -1.98. The Morgan fingerprint density at radius 2 is 0.727 bits per heavy atom. The van der Waals surface area contributed by atoms with Crippen molar-refractivity contribution in [3.8, 4) is 0 Å². The van der Waals surface area contributed by atoms with Gasteiger partial charge in [0.25, 0.3) is 0 Å². The summed E-state index contributed by atoms with van der Waals surface area (Å²) < 4.78 is 34.3. The van der Waals surface area contributed by atoms with Gasteiger partial charge in [-0.3, -0.25) is 4.79 Å². The number of hydrogen-bond donors (Lipinski definition) is 12. The number of carbonyl (C=O) groups excluding carboxylic acids is 1. The van der Waals surface area contributed by atoms with Gasteiger partial charge in [0, 0.05) is 6.42 Å². The summed E-state index contributed by atoms with van der Waals surface area (Å²) in [5, 5.41) is 120. The van der Waals surface area contributed by atoms with Gasteiger partial charge < -0.3 is 89.9 Å². The molecule has 17 atom stereocenters. The predicted molar refractivity (Wildman–Crippen MR) is 342 cm³/mol. The van der Waals surface area contributed by atoms with Crippen LogP contribution in [0.4, 0.5) is 0 Å². The van der Waals surface area contributed by atoms with E-state index in [1.165, 1.54) is 180 Å². The fourth-order valence-electron chi connectivity index (χ4n) is 11.9. The first-order valence-electron chi connectivity index (χ1n) is 35.2. The monoisotopic (exact) mass is 1260 g/mol. The molecule has 3 aliphatic heterocycles. The fraction of sp³-hybridized carbons (Fsp3) is 0.899. The molecule has 17 unspecified atom stereocenters. The van der Waals surface area contributed by atoms with E-state index in [1.807, 2.05) is 6.08 Å². The van der Waals surface area contributed by atoms with Crippen molar-refractivity contribution in [2.24, 2.45) is 0 Å². The molecule has 0 aromatic rings. The molecule has 3 aliphatic rings. The van der Waals surface area contributed by atoms with Crippen molar-refractivity contribution in [3.05, 3.63) is 36.5 Å². The van der Waals surface area contributed by atoms with Crippen LogP contribution in [0.25, 0.3) is 0 Å². The molecule has 0 saturated carbocycles. The van der Waals surface area contributed by atoms with Crippen LogP contribution in [-0.4, -0.2) is 193 Å². The Balaban J connectivity index is 1.45. The molecule has 3 heterocycles. The number of unbranched alkanes of at least 4 members (excludes halogenated alkanes) is 34. The summed E-state index contributed by atoms with van der Waals surface area (Å²) in [5.74, 6) is -0.285. The number of nitrogens with one attached hydrogen (secondary N) is 1. The maximum atomic E-state index is 13.4. The maximum absolute atomic E-state index is 13.4. The van der Waals surface area contributed by atoms with Gasteiger partial charge in [-0.15, -0.1) is 0 Å². The molecule has 88 heavy (non-hydrogen) atoms. The zero-order chi connectivity index (χ0) is 64.0. The van der Waals surface area contributed by atoms with E-state index < -0.39 is 124 Å². The standard InChI is InChI=1S/C69H127NO18/c1-3-5-7-9-11-13-15-17-19-21-23-24-25-26-27-29-30-32-34-36-38-40-42-44-46-53(74)52(70-57(75)47-45-43-41-39-37-35-33-31-28-22-20-18-16-14-12-10-8-6-4-2)51-83-67-63(81)60(78)65(55(49-72)85-67)88-69-64(82)61(79)66(56(50-73)86-69)87-68-62(80)59(77)58(76)54(48-71)84-68/h18,20,36,38,44,46,52-56,58-69,71-74,76-82H,3-17,19,21-35,37,39-43,45,47-51H2,1-2H3,(H,70,75)/b20-18-,38-36+,46-44+. The highest BCUT2D eigenvalue weighted by Gasteiger charge is 2.53. The first-order valence-corrected chi connectivity index (χ1v) is 35.2. The smallest absolute Gasteiger partial charge is 0.220 e. The van der Waals surface area contributed by atoms with Crippen LogP contribution in [0.2, 0.25) is 0 Å². The number of ether oxygens (including phenoxy) is 6. The molecule has 3 fully saturated rings. The van der Waals surface area contributed by atoms with Gasteiger partial charge in [0.1, 0.15) is 73.2 Å². The number of aliphatic hydroxyl groups excluding tert-OH is 11. The molecule has 0 spiro atoms. The van der Waals surface area contributed by atoms with Crippen molar-refractivity contribution in [1.82, 2.24) is 5.32 Å². The summed E-state index contributed by atoms with van der Waals surface area (Å²) in [6.45, 7) is 1.73. The lowest BCUT2D eigenvalue weighted by Gasteiger charge is -2.48. The first kappa shape index (κ1) is 80.2. The summed E-state index contributed by atoms with van der Waals surface area (Å²) in [7, 11) is 0. The molecule has 516 valence electrons. The zero-order valence-electron chi connectivity index (χ0n) is 54.5. The van der Waals surface area contributed by atoms with E-state index in [1.54, 1.807) is 6.08 Å². The van der Waals surface area contributed by atoms with Gasteiger partial charge in [0.05, 0.1) is 38.6 Å². The average Bonchev–Trinajstić information content (AvgIpc) is 3.71. The van der Waals surface area contributed by atoms with Crippen LogP contribution in [0, 0.1) is 0 Å².